The monoisotopic (exact) mass is 207 g/mol. The number of benzene rings is 1. The third-order valence-electron chi connectivity index (χ3n) is 2.27. The van der Waals surface area contributed by atoms with Crippen LogP contribution in [0.5, 0.6) is 0 Å². The molecule has 2 rings (SSSR count). The SMILES string of the molecule is C(#Cc1ccccc1)CCc1cccnc1. The van der Waals surface area contributed by atoms with Crippen molar-refractivity contribution in [2.45, 2.75) is 12.8 Å². The van der Waals surface area contributed by atoms with Crippen LogP contribution in [-0.4, -0.2) is 4.98 Å². The number of hydrogen-bond donors (Lipinski definition) is 0. The van der Waals surface area contributed by atoms with Crippen LogP contribution in [0.2, 0.25) is 0 Å². The average molecular weight is 207 g/mol. The molecule has 0 aliphatic carbocycles. The third kappa shape index (κ3) is 3.25. The summed E-state index contributed by atoms with van der Waals surface area (Å²) in [5.74, 6) is 6.32. The Bertz CT molecular complexity index is 477. The van der Waals surface area contributed by atoms with Crippen LogP contribution in [0.4, 0.5) is 0 Å². The van der Waals surface area contributed by atoms with Crippen LogP contribution < -0.4 is 0 Å². The Morgan fingerprint density at radius 1 is 1.00 bits per heavy atom. The summed E-state index contributed by atoms with van der Waals surface area (Å²) in [4.78, 5) is 4.07. The molecule has 0 saturated heterocycles. The average Bonchev–Trinajstić information content (AvgIpc) is 2.37. The molecule has 1 aromatic carbocycles. The highest BCUT2D eigenvalue weighted by Gasteiger charge is 1.88. The number of nitrogens with zero attached hydrogens (tertiary/aromatic N) is 1. The molecule has 0 radical (unpaired) electrons. The molecule has 0 N–H and O–H groups in total. The standard InChI is InChI=1S/C15H13N/c1-2-7-14(8-3-1)9-4-5-10-15-11-6-12-16-13-15/h1-3,6-8,11-13H,5,10H2. The van der Waals surface area contributed by atoms with Crippen LogP contribution in [0.1, 0.15) is 17.5 Å². The second-order valence-corrected chi connectivity index (χ2v) is 3.53. The lowest BCUT2D eigenvalue weighted by atomic mass is 10.1. The van der Waals surface area contributed by atoms with E-state index < -0.39 is 0 Å². The zero-order valence-electron chi connectivity index (χ0n) is 9.06. The van der Waals surface area contributed by atoms with E-state index in [0.717, 1.165) is 18.4 Å². The first kappa shape index (κ1) is 10.4. The van der Waals surface area contributed by atoms with Crippen molar-refractivity contribution >= 4 is 0 Å². The van der Waals surface area contributed by atoms with E-state index in [1.165, 1.54) is 5.56 Å². The molecular formula is C15H13N. The van der Waals surface area contributed by atoms with Crippen LogP contribution in [0.25, 0.3) is 0 Å². The first-order chi connectivity index (χ1) is 7.95. The summed E-state index contributed by atoms with van der Waals surface area (Å²) < 4.78 is 0. The van der Waals surface area contributed by atoms with E-state index in [1.54, 1.807) is 6.20 Å². The quantitative estimate of drug-likeness (QED) is 0.690. The van der Waals surface area contributed by atoms with E-state index in [0.29, 0.717) is 0 Å². The van der Waals surface area contributed by atoms with Crippen molar-refractivity contribution in [3.8, 4) is 11.8 Å². The van der Waals surface area contributed by atoms with E-state index in [1.807, 2.05) is 42.6 Å². The molecule has 1 heteroatoms. The molecule has 1 nitrogen and oxygen atoms in total. The van der Waals surface area contributed by atoms with Gasteiger partial charge in [0.25, 0.3) is 0 Å². The third-order valence-corrected chi connectivity index (χ3v) is 2.27. The van der Waals surface area contributed by atoms with E-state index in [2.05, 4.69) is 22.9 Å². The number of aromatic nitrogens is 1. The van der Waals surface area contributed by atoms with Gasteiger partial charge in [-0.05, 0) is 30.2 Å². The second-order valence-electron chi connectivity index (χ2n) is 3.53. The Hall–Kier alpha value is -2.07. The van der Waals surface area contributed by atoms with E-state index in [4.69, 9.17) is 0 Å². The first-order valence-electron chi connectivity index (χ1n) is 5.38. The predicted molar refractivity (Wildman–Crippen MR) is 65.9 cm³/mol. The summed E-state index contributed by atoms with van der Waals surface area (Å²) in [6.07, 6.45) is 5.53. The van der Waals surface area contributed by atoms with Crippen molar-refractivity contribution in [2.24, 2.45) is 0 Å². The minimum atomic E-state index is 0.876. The van der Waals surface area contributed by atoms with Crippen LogP contribution in [0.15, 0.2) is 54.9 Å². The maximum absolute atomic E-state index is 4.07. The van der Waals surface area contributed by atoms with Crippen LogP contribution >= 0.6 is 0 Å². The van der Waals surface area contributed by atoms with E-state index >= 15 is 0 Å². The molecule has 0 spiro atoms. The van der Waals surface area contributed by atoms with Crippen LogP contribution in [-0.2, 0) is 6.42 Å². The van der Waals surface area contributed by atoms with Crippen molar-refractivity contribution in [2.75, 3.05) is 0 Å². The summed E-state index contributed by atoms with van der Waals surface area (Å²) in [6.45, 7) is 0. The summed E-state index contributed by atoms with van der Waals surface area (Å²) in [5.41, 5.74) is 2.32. The zero-order chi connectivity index (χ0) is 11.1. The molecule has 0 amide bonds. The normalized spacial score (nSPS) is 9.25. The van der Waals surface area contributed by atoms with Gasteiger partial charge in [-0.3, -0.25) is 4.98 Å². The van der Waals surface area contributed by atoms with Gasteiger partial charge in [-0.2, -0.15) is 0 Å². The Kier molecular flexibility index (Phi) is 3.74. The molecule has 78 valence electrons. The molecule has 0 saturated carbocycles. The van der Waals surface area contributed by atoms with Gasteiger partial charge in [-0.15, -0.1) is 0 Å². The lowest BCUT2D eigenvalue weighted by Gasteiger charge is -1.93. The molecule has 0 unspecified atom stereocenters. The van der Waals surface area contributed by atoms with Crippen LogP contribution in [0.3, 0.4) is 0 Å². The predicted octanol–water partition coefficient (Wildman–Crippen LogP) is 3.07. The van der Waals surface area contributed by atoms with Crippen molar-refractivity contribution in [1.82, 2.24) is 4.98 Å². The Morgan fingerprint density at radius 2 is 1.88 bits per heavy atom. The van der Waals surface area contributed by atoms with E-state index in [9.17, 15) is 0 Å². The van der Waals surface area contributed by atoms with Crippen molar-refractivity contribution in [1.29, 1.82) is 0 Å². The number of rotatable bonds is 2. The van der Waals surface area contributed by atoms with Gasteiger partial charge in [0.05, 0.1) is 0 Å². The van der Waals surface area contributed by atoms with Gasteiger partial charge in [0, 0.05) is 24.4 Å². The zero-order valence-corrected chi connectivity index (χ0v) is 9.06. The fourth-order valence-corrected chi connectivity index (χ4v) is 1.44. The topological polar surface area (TPSA) is 12.9 Å². The Morgan fingerprint density at radius 3 is 2.62 bits per heavy atom. The maximum Gasteiger partial charge on any atom is 0.0300 e. The lowest BCUT2D eigenvalue weighted by molar-refractivity contribution is 1.01. The van der Waals surface area contributed by atoms with Gasteiger partial charge in [0.15, 0.2) is 0 Å². The van der Waals surface area contributed by atoms with Crippen molar-refractivity contribution in [3.05, 3.63) is 66.0 Å². The Balaban J connectivity index is 1.87. The van der Waals surface area contributed by atoms with Crippen LogP contribution in [0, 0.1) is 11.8 Å². The molecule has 1 heterocycles. The fourth-order valence-electron chi connectivity index (χ4n) is 1.44. The van der Waals surface area contributed by atoms with Gasteiger partial charge in [0.1, 0.15) is 0 Å². The summed E-state index contributed by atoms with van der Waals surface area (Å²) >= 11 is 0. The number of aryl methyl sites for hydroxylation is 1. The summed E-state index contributed by atoms with van der Waals surface area (Å²) in [5, 5.41) is 0. The molecule has 2 aromatic rings. The molecule has 0 bridgehead atoms. The molecule has 1 aromatic heterocycles. The van der Waals surface area contributed by atoms with Crippen molar-refractivity contribution < 1.29 is 0 Å². The van der Waals surface area contributed by atoms with Gasteiger partial charge < -0.3 is 0 Å². The molecule has 0 fully saturated rings. The first-order valence-corrected chi connectivity index (χ1v) is 5.38. The van der Waals surface area contributed by atoms with Gasteiger partial charge in [-0.1, -0.05) is 36.1 Å². The minimum Gasteiger partial charge on any atom is -0.264 e. The minimum absolute atomic E-state index is 0.876. The summed E-state index contributed by atoms with van der Waals surface area (Å²) in [7, 11) is 0. The van der Waals surface area contributed by atoms with E-state index in [-0.39, 0.29) is 0 Å². The van der Waals surface area contributed by atoms with Crippen molar-refractivity contribution in [3.63, 3.8) is 0 Å². The second kappa shape index (κ2) is 5.72. The molecule has 0 aliphatic rings. The molecule has 0 aliphatic heterocycles. The number of pyridine rings is 1. The number of hydrogen-bond acceptors (Lipinski definition) is 1. The molecule has 16 heavy (non-hydrogen) atoms. The highest BCUT2D eigenvalue weighted by molar-refractivity contribution is 5.33. The Labute approximate surface area is 96.2 Å². The molecule has 0 atom stereocenters. The largest absolute Gasteiger partial charge is 0.264 e. The van der Waals surface area contributed by atoms with Gasteiger partial charge in [0.2, 0.25) is 0 Å². The molecular weight excluding hydrogens is 194 g/mol. The van der Waals surface area contributed by atoms with Gasteiger partial charge in [-0.25, -0.2) is 0 Å². The maximum atomic E-state index is 4.07. The highest BCUT2D eigenvalue weighted by Crippen LogP contribution is 2.00. The fraction of sp³-hybridized carbons (Fsp3) is 0.133. The lowest BCUT2D eigenvalue weighted by Crippen LogP contribution is -1.83. The highest BCUT2D eigenvalue weighted by atomic mass is 14.6. The van der Waals surface area contributed by atoms with Gasteiger partial charge >= 0.3 is 0 Å². The smallest absolute Gasteiger partial charge is 0.0300 e. The summed E-state index contributed by atoms with van der Waals surface area (Å²) in [6, 6.07) is 14.1.